The molecule has 0 saturated carbocycles. The van der Waals surface area contributed by atoms with Crippen LogP contribution in [0.15, 0.2) is 134 Å². The number of phenolic OH excluding ortho intramolecular Hbond substituents is 1. The van der Waals surface area contributed by atoms with Crippen LogP contribution < -0.4 is 0 Å². The van der Waals surface area contributed by atoms with Gasteiger partial charge in [0.1, 0.15) is 11.6 Å². The summed E-state index contributed by atoms with van der Waals surface area (Å²) in [7, 11) is 0. The van der Waals surface area contributed by atoms with E-state index in [1.54, 1.807) is 12.1 Å². The van der Waals surface area contributed by atoms with Crippen LogP contribution in [0.25, 0.3) is 72.7 Å². The molecule has 0 spiro atoms. The topological polar surface area (TPSA) is 50.9 Å². The zero-order chi connectivity index (χ0) is 43.4. The van der Waals surface area contributed by atoms with Crippen molar-refractivity contribution in [1.82, 2.24) is 14.5 Å². The molecule has 0 atom stereocenters. The van der Waals surface area contributed by atoms with E-state index in [9.17, 15) is 5.11 Å². The number of benzene rings is 6. The number of rotatable bonds is 8. The molecule has 0 aliphatic rings. The standard InChI is InChI=1S/C54H52N3O.Pt/c1-33(2)40-30-47(34(3)4)52(58)48(31-40)53-56-51-46(16-13-17-50(51)57(53)45-25-36(6)24-41(29-45)37-14-11-10-12-15-37)42-26-43(28-44(27-42)54(7,8)9)49-32-39(22-23-55-49)38-20-18-35(5)19-21-38;/h10-25,27-34,58H,1-9H3;/q-1;/i6D3;. The van der Waals surface area contributed by atoms with Crippen molar-refractivity contribution in [2.75, 3.05) is 0 Å². The van der Waals surface area contributed by atoms with E-state index in [0.717, 1.165) is 66.8 Å². The van der Waals surface area contributed by atoms with Gasteiger partial charge in [0.05, 0.1) is 16.6 Å². The minimum atomic E-state index is -2.38. The van der Waals surface area contributed by atoms with Crippen LogP contribution in [0.2, 0.25) is 0 Å². The molecule has 8 aromatic rings. The number of hydrogen-bond acceptors (Lipinski definition) is 3. The molecule has 300 valence electrons. The van der Waals surface area contributed by atoms with Crippen LogP contribution in [0.4, 0.5) is 0 Å². The summed E-state index contributed by atoms with van der Waals surface area (Å²) >= 11 is 0. The summed E-state index contributed by atoms with van der Waals surface area (Å²) in [4.78, 5) is 10.3. The van der Waals surface area contributed by atoms with Gasteiger partial charge in [0.2, 0.25) is 0 Å². The van der Waals surface area contributed by atoms with Gasteiger partial charge >= 0.3 is 0 Å². The smallest absolute Gasteiger partial charge is 0.148 e. The number of phenols is 1. The van der Waals surface area contributed by atoms with Crippen LogP contribution in [0, 0.1) is 19.8 Å². The van der Waals surface area contributed by atoms with Gasteiger partial charge in [-0.05, 0) is 100 Å². The predicted octanol–water partition coefficient (Wildman–Crippen LogP) is 14.4. The minimum Gasteiger partial charge on any atom is -0.507 e. The van der Waals surface area contributed by atoms with Crippen LogP contribution in [-0.2, 0) is 26.5 Å². The van der Waals surface area contributed by atoms with Crippen LogP contribution >= 0.6 is 0 Å². The third kappa shape index (κ3) is 8.34. The van der Waals surface area contributed by atoms with Gasteiger partial charge in [-0.3, -0.25) is 9.55 Å². The molecule has 1 N–H and O–H groups in total. The van der Waals surface area contributed by atoms with Gasteiger partial charge in [0, 0.05) is 42.8 Å². The summed E-state index contributed by atoms with van der Waals surface area (Å²) in [5.74, 6) is 0.905. The molecule has 0 aliphatic carbocycles. The molecule has 0 aliphatic heterocycles. The van der Waals surface area contributed by atoms with Crippen molar-refractivity contribution in [3.8, 4) is 67.5 Å². The monoisotopic (exact) mass is 956 g/mol. The molecule has 0 amide bonds. The van der Waals surface area contributed by atoms with Crippen molar-refractivity contribution in [2.45, 2.75) is 79.5 Å². The molecule has 0 radical (unpaired) electrons. The molecule has 59 heavy (non-hydrogen) atoms. The van der Waals surface area contributed by atoms with E-state index in [1.165, 1.54) is 5.56 Å². The Kier molecular flexibility index (Phi) is 10.6. The molecule has 4 nitrogen and oxygen atoms in total. The second kappa shape index (κ2) is 16.6. The fourth-order valence-electron chi connectivity index (χ4n) is 7.71. The fraction of sp³-hybridized carbons (Fsp3) is 0.222. The zero-order valence-corrected chi connectivity index (χ0v) is 37.2. The van der Waals surface area contributed by atoms with Crippen molar-refractivity contribution in [1.29, 1.82) is 0 Å². The molecular formula is C54H52N3OPt-. The summed E-state index contributed by atoms with van der Waals surface area (Å²) in [6, 6.07) is 46.4. The summed E-state index contributed by atoms with van der Waals surface area (Å²) in [6.45, 7) is 14.8. The first-order valence-corrected chi connectivity index (χ1v) is 20.2. The number of hydrogen-bond donors (Lipinski definition) is 1. The average Bonchev–Trinajstić information content (AvgIpc) is 3.63. The zero-order valence-electron chi connectivity index (χ0n) is 38.0. The molecule has 0 fully saturated rings. The number of aromatic nitrogens is 3. The van der Waals surface area contributed by atoms with E-state index < -0.39 is 6.85 Å². The van der Waals surface area contributed by atoms with E-state index >= 15 is 0 Å². The largest absolute Gasteiger partial charge is 0.507 e. The summed E-state index contributed by atoms with van der Waals surface area (Å²) < 4.78 is 27.7. The molecule has 0 bridgehead atoms. The maximum absolute atomic E-state index is 12.2. The van der Waals surface area contributed by atoms with Gasteiger partial charge in [0.15, 0.2) is 0 Å². The number of para-hydroxylation sites is 1. The van der Waals surface area contributed by atoms with Crippen molar-refractivity contribution in [3.05, 3.63) is 167 Å². The van der Waals surface area contributed by atoms with Gasteiger partial charge in [0.25, 0.3) is 0 Å². The summed E-state index contributed by atoms with van der Waals surface area (Å²) in [5, 5.41) is 12.2. The Hall–Kier alpha value is -5.57. The Labute approximate surface area is 368 Å². The van der Waals surface area contributed by atoms with Gasteiger partial charge in [-0.1, -0.05) is 150 Å². The summed E-state index contributed by atoms with van der Waals surface area (Å²) in [5.41, 5.74) is 14.2. The molecule has 6 aromatic carbocycles. The normalized spacial score (nSPS) is 12.7. The molecule has 2 aromatic heterocycles. The van der Waals surface area contributed by atoms with E-state index in [-0.39, 0.29) is 49.6 Å². The van der Waals surface area contributed by atoms with Crippen molar-refractivity contribution in [2.24, 2.45) is 0 Å². The van der Waals surface area contributed by atoms with E-state index in [2.05, 4.69) is 116 Å². The third-order valence-corrected chi connectivity index (χ3v) is 11.1. The van der Waals surface area contributed by atoms with Crippen molar-refractivity contribution < 1.29 is 30.3 Å². The van der Waals surface area contributed by atoms with E-state index in [1.807, 2.05) is 71.4 Å². The molecule has 0 saturated heterocycles. The maximum Gasteiger partial charge on any atom is 0.148 e. The maximum atomic E-state index is 12.2. The van der Waals surface area contributed by atoms with Crippen molar-refractivity contribution in [3.63, 3.8) is 0 Å². The quantitative estimate of drug-likeness (QED) is 0.154. The molecule has 2 heterocycles. The van der Waals surface area contributed by atoms with Crippen LogP contribution in [0.1, 0.15) is 92.2 Å². The van der Waals surface area contributed by atoms with Crippen LogP contribution in [0.3, 0.4) is 0 Å². The fourth-order valence-corrected chi connectivity index (χ4v) is 7.71. The van der Waals surface area contributed by atoms with Gasteiger partial charge in [-0.2, -0.15) is 0 Å². The number of nitrogens with zero attached hydrogens (tertiary/aromatic N) is 3. The van der Waals surface area contributed by atoms with Gasteiger partial charge in [-0.15, -0.1) is 29.3 Å². The molecule has 5 heteroatoms. The second-order valence-electron chi connectivity index (χ2n) is 17.1. The number of imidazole rings is 1. The molecule has 0 unspecified atom stereocenters. The first-order chi connectivity index (χ1) is 29.0. The Morgan fingerprint density at radius 3 is 2.10 bits per heavy atom. The van der Waals surface area contributed by atoms with Crippen LogP contribution in [0.5, 0.6) is 5.75 Å². The third-order valence-electron chi connectivity index (χ3n) is 11.1. The van der Waals surface area contributed by atoms with Gasteiger partial charge in [-0.25, -0.2) is 4.98 Å². The Morgan fingerprint density at radius 1 is 0.678 bits per heavy atom. The average molecular weight is 957 g/mol. The second-order valence-corrected chi connectivity index (χ2v) is 17.1. The van der Waals surface area contributed by atoms with E-state index in [4.69, 9.17) is 14.1 Å². The SMILES string of the molecule is [2H]C([2H])([2H])c1cc(-c2ccccc2)cc(-n2c(-c3cc(C(C)C)cc(C(C)C)c3O)nc3c(-c4[c-]c(-c5cc(-c6ccc(C)cc6)ccn5)cc(C(C)(C)C)c4)cccc32)c1.[Pt]. The number of aromatic hydroxyl groups is 1. The Bertz CT molecular complexity index is 2910. The Morgan fingerprint density at radius 2 is 1.41 bits per heavy atom. The summed E-state index contributed by atoms with van der Waals surface area (Å²) in [6.07, 6.45) is 1.86. The first kappa shape index (κ1) is 37.7. The predicted molar refractivity (Wildman–Crippen MR) is 243 cm³/mol. The van der Waals surface area contributed by atoms with Crippen molar-refractivity contribution >= 4 is 11.0 Å². The number of aryl methyl sites for hydroxylation is 2. The number of fused-ring (bicyclic) bond motifs is 1. The molecular weight excluding hydrogens is 902 g/mol. The van der Waals surface area contributed by atoms with Crippen LogP contribution in [-0.4, -0.2) is 19.6 Å². The van der Waals surface area contributed by atoms with Gasteiger partial charge < -0.3 is 5.11 Å². The first-order valence-electron chi connectivity index (χ1n) is 21.7. The number of pyridine rings is 1. The molecule has 8 rings (SSSR count). The Balaban J connectivity index is 0.00000578. The minimum absolute atomic E-state index is 0. The van der Waals surface area contributed by atoms with E-state index in [0.29, 0.717) is 22.6 Å².